The molecule has 31 heavy (non-hydrogen) atoms. The fourth-order valence-electron chi connectivity index (χ4n) is 3.84. The van der Waals surface area contributed by atoms with Crippen LogP contribution >= 0.6 is 11.6 Å². The van der Waals surface area contributed by atoms with Gasteiger partial charge in [-0.3, -0.25) is 9.59 Å². The smallest absolute Gasteiger partial charge is 0.265 e. The number of benzene rings is 2. The van der Waals surface area contributed by atoms with Crippen LogP contribution in [0.15, 0.2) is 48.5 Å². The quantitative estimate of drug-likeness (QED) is 0.740. The second-order valence-electron chi connectivity index (χ2n) is 7.62. The fourth-order valence-corrected chi connectivity index (χ4v) is 4.05. The van der Waals surface area contributed by atoms with E-state index in [1.807, 2.05) is 53.4 Å². The molecule has 2 aliphatic rings. The van der Waals surface area contributed by atoms with Gasteiger partial charge in [-0.2, -0.15) is 0 Å². The average Bonchev–Trinajstić information content (AvgIpc) is 2.79. The van der Waals surface area contributed by atoms with Gasteiger partial charge in [0.25, 0.3) is 5.91 Å². The van der Waals surface area contributed by atoms with Crippen molar-refractivity contribution in [1.29, 1.82) is 0 Å². The molecule has 0 radical (unpaired) electrons. The highest BCUT2D eigenvalue weighted by atomic mass is 35.5. The van der Waals surface area contributed by atoms with Gasteiger partial charge in [0.1, 0.15) is 5.75 Å². The molecule has 2 aromatic carbocycles. The Morgan fingerprint density at radius 3 is 2.71 bits per heavy atom. The van der Waals surface area contributed by atoms with E-state index >= 15 is 0 Å². The van der Waals surface area contributed by atoms with Crippen molar-refractivity contribution < 1.29 is 19.1 Å². The topological polar surface area (TPSA) is 71.1 Å². The molecule has 164 valence electrons. The van der Waals surface area contributed by atoms with Crippen LogP contribution in [-0.2, 0) is 20.7 Å². The monoisotopic (exact) mass is 443 g/mol. The van der Waals surface area contributed by atoms with Crippen molar-refractivity contribution >= 4 is 29.1 Å². The number of nitrogens with one attached hydrogen (secondary N) is 1. The van der Waals surface area contributed by atoms with Crippen LogP contribution in [0.1, 0.15) is 5.56 Å². The number of ether oxygens (including phenoxy) is 2. The van der Waals surface area contributed by atoms with Crippen molar-refractivity contribution in [2.75, 3.05) is 50.8 Å². The molecule has 2 aliphatic heterocycles. The maximum Gasteiger partial charge on any atom is 0.265 e. The van der Waals surface area contributed by atoms with Gasteiger partial charge in [0, 0.05) is 24.7 Å². The summed E-state index contributed by atoms with van der Waals surface area (Å²) < 4.78 is 11.3. The van der Waals surface area contributed by atoms with E-state index in [1.54, 1.807) is 4.90 Å². The van der Waals surface area contributed by atoms with Crippen molar-refractivity contribution in [3.8, 4) is 5.75 Å². The predicted octanol–water partition coefficient (Wildman–Crippen LogP) is 2.13. The normalized spacial score (nSPS) is 18.2. The third kappa shape index (κ3) is 5.48. The van der Waals surface area contributed by atoms with Crippen molar-refractivity contribution in [3.63, 3.8) is 0 Å². The van der Waals surface area contributed by atoms with E-state index in [0.29, 0.717) is 56.6 Å². The van der Waals surface area contributed by atoms with Gasteiger partial charge in [0.15, 0.2) is 6.10 Å². The Bertz CT molecular complexity index is 933. The number of fused-ring (bicyclic) bond motifs is 1. The Morgan fingerprint density at radius 1 is 1.10 bits per heavy atom. The molecule has 0 spiro atoms. The summed E-state index contributed by atoms with van der Waals surface area (Å²) in [5.41, 5.74) is 1.89. The second-order valence-corrected chi connectivity index (χ2v) is 8.06. The molecule has 1 atom stereocenters. The number of carbonyl (C=O) groups excluding carboxylic acids is 2. The zero-order valence-electron chi connectivity index (χ0n) is 17.3. The number of para-hydroxylation sites is 2. The first-order valence-electron chi connectivity index (χ1n) is 10.5. The number of halogens is 1. The maximum absolute atomic E-state index is 13.0. The molecule has 0 unspecified atom stereocenters. The molecule has 7 nitrogen and oxygen atoms in total. The Morgan fingerprint density at radius 2 is 1.90 bits per heavy atom. The minimum atomic E-state index is -0.646. The van der Waals surface area contributed by atoms with E-state index in [9.17, 15) is 9.59 Å². The lowest BCUT2D eigenvalue weighted by atomic mass is 10.1. The van der Waals surface area contributed by atoms with Crippen LogP contribution in [0.25, 0.3) is 0 Å². The van der Waals surface area contributed by atoms with Crippen molar-refractivity contribution in [2.24, 2.45) is 0 Å². The molecule has 0 bridgehead atoms. The summed E-state index contributed by atoms with van der Waals surface area (Å²) in [5.74, 6) is 0.451. The first-order valence-corrected chi connectivity index (χ1v) is 10.9. The molecule has 4 rings (SSSR count). The van der Waals surface area contributed by atoms with Crippen molar-refractivity contribution in [3.05, 3.63) is 59.1 Å². The van der Waals surface area contributed by atoms with Gasteiger partial charge in [-0.15, -0.1) is 0 Å². The van der Waals surface area contributed by atoms with Crippen LogP contribution < -0.4 is 15.0 Å². The first kappa shape index (κ1) is 21.5. The Labute approximate surface area is 186 Å². The highest BCUT2D eigenvalue weighted by Gasteiger charge is 2.34. The van der Waals surface area contributed by atoms with E-state index in [4.69, 9.17) is 21.1 Å². The van der Waals surface area contributed by atoms with Crippen molar-refractivity contribution in [2.45, 2.75) is 12.5 Å². The number of carbonyl (C=O) groups is 2. The minimum Gasteiger partial charge on any atom is -0.477 e. The number of nitrogens with zero attached hydrogens (tertiary/aromatic N) is 2. The third-order valence-electron chi connectivity index (χ3n) is 5.42. The molecule has 1 fully saturated rings. The highest BCUT2D eigenvalue weighted by molar-refractivity contribution is 6.30. The third-order valence-corrected chi connectivity index (χ3v) is 5.65. The Hall–Kier alpha value is -2.77. The summed E-state index contributed by atoms with van der Waals surface area (Å²) >= 11 is 6.01. The number of hydrogen-bond acceptors (Lipinski definition) is 5. The second kappa shape index (κ2) is 10.0. The number of anilines is 1. The highest BCUT2D eigenvalue weighted by Crippen LogP contribution is 2.33. The average molecular weight is 444 g/mol. The van der Waals surface area contributed by atoms with Gasteiger partial charge in [-0.25, -0.2) is 0 Å². The van der Waals surface area contributed by atoms with E-state index in [2.05, 4.69) is 5.32 Å². The molecule has 1 saturated heterocycles. The number of rotatable bonds is 6. The van der Waals surface area contributed by atoms with E-state index in [1.165, 1.54) is 0 Å². The summed E-state index contributed by atoms with van der Waals surface area (Å²) in [5, 5.41) is 3.64. The molecule has 8 heteroatoms. The van der Waals surface area contributed by atoms with Crippen LogP contribution in [-0.4, -0.2) is 68.8 Å². The van der Waals surface area contributed by atoms with Crippen LogP contribution in [0, 0.1) is 0 Å². The first-order chi connectivity index (χ1) is 15.1. The van der Waals surface area contributed by atoms with Crippen LogP contribution in [0.3, 0.4) is 0 Å². The number of morpholine rings is 1. The summed E-state index contributed by atoms with van der Waals surface area (Å²) in [4.78, 5) is 29.3. The molecule has 0 aliphatic carbocycles. The number of amides is 2. The van der Waals surface area contributed by atoms with Crippen LogP contribution in [0.4, 0.5) is 5.69 Å². The number of hydrogen-bond donors (Lipinski definition) is 1. The van der Waals surface area contributed by atoms with Gasteiger partial charge >= 0.3 is 0 Å². The zero-order valence-corrected chi connectivity index (χ0v) is 18.0. The Kier molecular flexibility index (Phi) is 6.94. The van der Waals surface area contributed by atoms with Gasteiger partial charge < -0.3 is 24.6 Å². The predicted molar refractivity (Wildman–Crippen MR) is 119 cm³/mol. The van der Waals surface area contributed by atoms with Crippen LogP contribution in [0.2, 0.25) is 5.02 Å². The molecular formula is C23H26ClN3O4. The molecule has 2 heterocycles. The molecule has 0 aromatic heterocycles. The molecule has 2 aromatic rings. The minimum absolute atomic E-state index is 0.0656. The standard InChI is InChI=1S/C23H26ClN3O4/c24-18-5-3-4-17(14-18)8-9-25-22(28)16-27-15-21(23(29)26-10-12-30-13-11-26)31-20-7-2-1-6-19(20)27/h1-7,14,21H,8-13,15-16H2,(H,25,28)/t21-/m0/s1. The van der Waals surface area contributed by atoms with Gasteiger partial charge in [-0.1, -0.05) is 35.9 Å². The van der Waals surface area contributed by atoms with E-state index < -0.39 is 6.10 Å². The van der Waals surface area contributed by atoms with Crippen LogP contribution in [0.5, 0.6) is 5.75 Å². The summed E-state index contributed by atoms with van der Waals surface area (Å²) in [6.45, 7) is 3.19. The lowest BCUT2D eigenvalue weighted by Crippen LogP contribution is -2.54. The summed E-state index contributed by atoms with van der Waals surface area (Å²) in [6.07, 6.45) is 0.0525. The van der Waals surface area contributed by atoms with Gasteiger partial charge in [0.05, 0.1) is 32.0 Å². The molecule has 0 saturated carbocycles. The molecule has 1 N–H and O–H groups in total. The largest absolute Gasteiger partial charge is 0.477 e. The SMILES string of the molecule is O=C(CN1C[C@@H](C(=O)N2CCOCC2)Oc2ccccc21)NCCc1cccc(Cl)c1. The maximum atomic E-state index is 13.0. The van der Waals surface area contributed by atoms with Gasteiger partial charge in [-0.05, 0) is 36.2 Å². The molecule has 2 amide bonds. The zero-order chi connectivity index (χ0) is 21.6. The summed E-state index contributed by atoms with van der Waals surface area (Å²) in [7, 11) is 0. The van der Waals surface area contributed by atoms with E-state index in [-0.39, 0.29) is 18.4 Å². The van der Waals surface area contributed by atoms with Crippen molar-refractivity contribution in [1.82, 2.24) is 10.2 Å². The summed E-state index contributed by atoms with van der Waals surface area (Å²) in [6, 6.07) is 15.1. The molecular weight excluding hydrogens is 418 g/mol. The lowest BCUT2D eigenvalue weighted by molar-refractivity contribution is -0.142. The lowest BCUT2D eigenvalue weighted by Gasteiger charge is -2.38. The fraction of sp³-hybridized carbons (Fsp3) is 0.391. The van der Waals surface area contributed by atoms with Gasteiger partial charge in [0.2, 0.25) is 5.91 Å². The van der Waals surface area contributed by atoms with E-state index in [0.717, 1.165) is 11.3 Å². The Balaban J connectivity index is 1.37.